The van der Waals surface area contributed by atoms with Crippen LogP contribution in [0.2, 0.25) is 0 Å². The molecule has 0 radical (unpaired) electrons. The lowest BCUT2D eigenvalue weighted by molar-refractivity contribution is -0.00439. The van der Waals surface area contributed by atoms with E-state index >= 15 is 0 Å². The van der Waals surface area contributed by atoms with Crippen LogP contribution in [0.4, 0.5) is 5.82 Å². The van der Waals surface area contributed by atoms with Crippen molar-refractivity contribution in [1.82, 2.24) is 14.9 Å². The number of hydrogen-bond donors (Lipinski definition) is 1. The van der Waals surface area contributed by atoms with Gasteiger partial charge in [0.15, 0.2) is 0 Å². The van der Waals surface area contributed by atoms with E-state index in [-0.39, 0.29) is 5.41 Å². The number of nitrogens with zero attached hydrogens (tertiary/aromatic N) is 3. The number of rotatable bonds is 3. The fourth-order valence-corrected chi connectivity index (χ4v) is 3.00. The van der Waals surface area contributed by atoms with Crippen LogP contribution in [0.3, 0.4) is 0 Å². The topological polar surface area (TPSA) is 50.3 Å². The maximum atomic E-state index is 5.41. The Labute approximate surface area is 127 Å². The largest absolute Gasteiger partial charge is 0.379 e. The van der Waals surface area contributed by atoms with Crippen molar-refractivity contribution in [3.63, 3.8) is 0 Å². The Bertz CT molecular complexity index is 473. The van der Waals surface area contributed by atoms with Gasteiger partial charge in [-0.15, -0.1) is 0 Å². The molecule has 1 aromatic heterocycles. The highest BCUT2D eigenvalue weighted by molar-refractivity contribution is 5.38. The summed E-state index contributed by atoms with van der Waals surface area (Å²) in [7, 11) is 0. The zero-order chi connectivity index (χ0) is 14.9. The van der Waals surface area contributed by atoms with Crippen molar-refractivity contribution in [2.45, 2.75) is 51.1 Å². The quantitative estimate of drug-likeness (QED) is 0.923. The Morgan fingerprint density at radius 1 is 1.19 bits per heavy atom. The Morgan fingerprint density at radius 2 is 1.90 bits per heavy atom. The molecular formula is C16H26N4O. The number of morpholine rings is 1. The second-order valence-electron chi connectivity index (χ2n) is 7.15. The van der Waals surface area contributed by atoms with E-state index < -0.39 is 0 Å². The molecule has 0 aromatic carbocycles. The zero-order valence-electron chi connectivity index (χ0n) is 13.3. The molecule has 0 atom stereocenters. The molecule has 2 aliphatic rings. The standard InChI is InChI=1S/C16H26N4O/c1-16(2,3)14-10-15(18-11-17-14)19-12-8-13(9-12)20-4-6-21-7-5-20/h10-13H,4-9H2,1-3H3,(H,17,18,19)/t12-,13-. The van der Waals surface area contributed by atoms with Gasteiger partial charge in [0.25, 0.3) is 0 Å². The van der Waals surface area contributed by atoms with E-state index in [2.05, 4.69) is 47.0 Å². The molecule has 1 saturated heterocycles. The van der Waals surface area contributed by atoms with E-state index in [1.54, 1.807) is 6.33 Å². The summed E-state index contributed by atoms with van der Waals surface area (Å²) in [6.45, 7) is 10.5. The second kappa shape index (κ2) is 5.89. The van der Waals surface area contributed by atoms with Crippen LogP contribution < -0.4 is 5.32 Å². The van der Waals surface area contributed by atoms with Crippen LogP contribution in [0.25, 0.3) is 0 Å². The first kappa shape index (κ1) is 14.7. The average molecular weight is 290 g/mol. The fraction of sp³-hybridized carbons (Fsp3) is 0.750. The first-order chi connectivity index (χ1) is 10.0. The molecule has 0 amide bonds. The minimum Gasteiger partial charge on any atom is -0.379 e. The van der Waals surface area contributed by atoms with Crippen LogP contribution in [0, 0.1) is 0 Å². The van der Waals surface area contributed by atoms with Crippen molar-refractivity contribution in [2.75, 3.05) is 31.6 Å². The van der Waals surface area contributed by atoms with Gasteiger partial charge in [-0.05, 0) is 12.8 Å². The van der Waals surface area contributed by atoms with Gasteiger partial charge >= 0.3 is 0 Å². The number of anilines is 1. The predicted octanol–water partition coefficient (Wildman–Crippen LogP) is 2.05. The molecule has 2 heterocycles. The minimum atomic E-state index is 0.0648. The maximum absolute atomic E-state index is 5.41. The first-order valence-corrected chi connectivity index (χ1v) is 7.93. The summed E-state index contributed by atoms with van der Waals surface area (Å²) in [4.78, 5) is 11.3. The Hall–Kier alpha value is -1.20. The van der Waals surface area contributed by atoms with Crippen LogP contribution in [0.15, 0.2) is 12.4 Å². The third kappa shape index (κ3) is 3.52. The molecule has 1 aromatic rings. The number of aromatic nitrogens is 2. The lowest BCUT2D eigenvalue weighted by Crippen LogP contribution is -2.53. The van der Waals surface area contributed by atoms with E-state index in [9.17, 15) is 0 Å². The zero-order valence-corrected chi connectivity index (χ0v) is 13.3. The molecule has 5 heteroatoms. The highest BCUT2D eigenvalue weighted by atomic mass is 16.5. The average Bonchev–Trinajstić information content (AvgIpc) is 2.43. The number of nitrogens with one attached hydrogen (secondary N) is 1. The van der Waals surface area contributed by atoms with Crippen molar-refractivity contribution in [1.29, 1.82) is 0 Å². The molecule has 1 N–H and O–H groups in total. The van der Waals surface area contributed by atoms with E-state index in [0.29, 0.717) is 6.04 Å². The molecule has 1 aliphatic heterocycles. The highest BCUT2D eigenvalue weighted by Gasteiger charge is 2.34. The van der Waals surface area contributed by atoms with Gasteiger partial charge in [0.1, 0.15) is 12.1 Å². The summed E-state index contributed by atoms with van der Waals surface area (Å²) in [5.41, 5.74) is 1.15. The molecule has 1 saturated carbocycles. The van der Waals surface area contributed by atoms with Crippen molar-refractivity contribution >= 4 is 5.82 Å². The lowest BCUT2D eigenvalue weighted by Gasteiger charge is -2.44. The van der Waals surface area contributed by atoms with Gasteiger partial charge in [-0.1, -0.05) is 20.8 Å². The van der Waals surface area contributed by atoms with Crippen LogP contribution in [0.5, 0.6) is 0 Å². The number of hydrogen-bond acceptors (Lipinski definition) is 5. The summed E-state index contributed by atoms with van der Waals surface area (Å²) in [6.07, 6.45) is 4.07. The molecule has 0 bridgehead atoms. The maximum Gasteiger partial charge on any atom is 0.129 e. The fourth-order valence-electron chi connectivity index (χ4n) is 3.00. The number of ether oxygens (including phenoxy) is 1. The lowest BCUT2D eigenvalue weighted by atomic mass is 9.85. The van der Waals surface area contributed by atoms with E-state index in [0.717, 1.165) is 43.9 Å². The molecule has 21 heavy (non-hydrogen) atoms. The molecule has 2 fully saturated rings. The second-order valence-corrected chi connectivity index (χ2v) is 7.15. The van der Waals surface area contributed by atoms with Crippen molar-refractivity contribution in [2.24, 2.45) is 0 Å². The third-order valence-corrected chi connectivity index (χ3v) is 4.46. The SMILES string of the molecule is CC(C)(C)c1cc(N[C@H]2C[C@H](N3CCOCC3)C2)ncn1. The van der Waals surface area contributed by atoms with Gasteiger partial charge in [-0.2, -0.15) is 0 Å². The molecule has 116 valence electrons. The van der Waals surface area contributed by atoms with Crippen LogP contribution in [-0.4, -0.2) is 53.3 Å². The van der Waals surface area contributed by atoms with E-state index in [4.69, 9.17) is 4.74 Å². The van der Waals surface area contributed by atoms with Gasteiger partial charge in [-0.25, -0.2) is 9.97 Å². The molecule has 0 unspecified atom stereocenters. The summed E-state index contributed by atoms with van der Waals surface area (Å²) >= 11 is 0. The van der Waals surface area contributed by atoms with Gasteiger partial charge < -0.3 is 10.1 Å². The summed E-state index contributed by atoms with van der Waals surface area (Å²) in [6, 6.07) is 3.35. The van der Waals surface area contributed by atoms with Gasteiger partial charge in [-0.3, -0.25) is 4.90 Å². The minimum absolute atomic E-state index is 0.0648. The summed E-state index contributed by atoms with van der Waals surface area (Å²) in [5.74, 6) is 0.959. The summed E-state index contributed by atoms with van der Waals surface area (Å²) in [5, 5.41) is 3.55. The van der Waals surface area contributed by atoms with Crippen molar-refractivity contribution < 1.29 is 4.74 Å². The van der Waals surface area contributed by atoms with Crippen LogP contribution >= 0.6 is 0 Å². The van der Waals surface area contributed by atoms with Gasteiger partial charge in [0.2, 0.25) is 0 Å². The molecule has 0 spiro atoms. The van der Waals surface area contributed by atoms with E-state index in [1.807, 2.05) is 0 Å². The smallest absolute Gasteiger partial charge is 0.129 e. The van der Waals surface area contributed by atoms with Crippen molar-refractivity contribution in [3.05, 3.63) is 18.1 Å². The molecule has 5 nitrogen and oxygen atoms in total. The molecule has 3 rings (SSSR count). The van der Waals surface area contributed by atoms with Crippen LogP contribution in [0.1, 0.15) is 39.3 Å². The predicted molar refractivity (Wildman–Crippen MR) is 83.6 cm³/mol. The van der Waals surface area contributed by atoms with Gasteiger partial charge in [0, 0.05) is 36.7 Å². The molecular weight excluding hydrogens is 264 g/mol. The third-order valence-electron chi connectivity index (χ3n) is 4.46. The summed E-state index contributed by atoms with van der Waals surface area (Å²) < 4.78 is 5.41. The monoisotopic (exact) mass is 290 g/mol. The first-order valence-electron chi connectivity index (χ1n) is 7.93. The van der Waals surface area contributed by atoms with E-state index in [1.165, 1.54) is 12.8 Å². The molecule has 1 aliphatic carbocycles. The van der Waals surface area contributed by atoms with Crippen LogP contribution in [-0.2, 0) is 10.2 Å². The Kier molecular flexibility index (Phi) is 4.13. The Balaban J connectivity index is 1.52. The Morgan fingerprint density at radius 3 is 2.57 bits per heavy atom. The normalized spacial score (nSPS) is 27.2. The van der Waals surface area contributed by atoms with Crippen molar-refractivity contribution in [3.8, 4) is 0 Å². The van der Waals surface area contributed by atoms with Gasteiger partial charge in [0.05, 0.1) is 18.9 Å². The highest BCUT2D eigenvalue weighted by Crippen LogP contribution is 2.29.